The molecule has 0 radical (unpaired) electrons. The summed E-state index contributed by atoms with van der Waals surface area (Å²) >= 11 is 0. The van der Waals surface area contributed by atoms with Crippen LogP contribution in [0.5, 0.6) is 17.2 Å². The third-order valence-electron chi connectivity index (χ3n) is 14.3. The highest BCUT2D eigenvalue weighted by Gasteiger charge is 2.30. The number of aromatic hydroxyl groups is 3. The number of amides is 2. The molecule has 2 amide bonds. The zero-order valence-electron chi connectivity index (χ0n) is 39.3. The first kappa shape index (κ1) is 46.3. The number of phenolic OH excluding ortho intramolecular Hbond substituents is 3. The number of nitrogens with zero attached hydrogens (tertiary/aromatic N) is 10. The number of hydrogen-bond donors (Lipinski definition) is 5. The van der Waals surface area contributed by atoms with E-state index in [0.717, 1.165) is 117 Å². The van der Waals surface area contributed by atoms with Gasteiger partial charge >= 0.3 is 5.69 Å². The van der Waals surface area contributed by atoms with Crippen molar-refractivity contribution < 1.29 is 24.9 Å². The number of phenols is 3. The van der Waals surface area contributed by atoms with E-state index >= 15 is 0 Å². The molecule has 0 saturated carbocycles. The predicted molar refractivity (Wildman–Crippen MR) is 268 cm³/mol. The first-order valence-electron chi connectivity index (χ1n) is 24.3. The molecule has 364 valence electrons. The van der Waals surface area contributed by atoms with Crippen LogP contribution >= 0.6 is 0 Å². The van der Waals surface area contributed by atoms with E-state index in [1.54, 1.807) is 6.07 Å². The van der Waals surface area contributed by atoms with Crippen LogP contribution in [-0.4, -0.2) is 157 Å². The predicted octanol–water partition coefficient (Wildman–Crippen LogP) is 4.54. The zero-order chi connectivity index (χ0) is 48.3. The summed E-state index contributed by atoms with van der Waals surface area (Å²) in [6.07, 6.45) is 4.38. The molecule has 6 aromatic rings. The first-order chi connectivity index (χ1) is 34.1. The number of aromatic nitrogens is 5. The number of carbonyl (C=O) groups excluding carboxylic acids is 2. The molecule has 70 heavy (non-hydrogen) atoms. The highest BCUT2D eigenvalue weighted by atomic mass is 16.3. The second-order valence-corrected chi connectivity index (χ2v) is 18.8. The highest BCUT2D eigenvalue weighted by molar-refractivity contribution is 5.96. The number of hydrogen-bond acceptors (Lipinski definition) is 14. The maximum atomic E-state index is 13.6. The Morgan fingerprint density at radius 1 is 0.786 bits per heavy atom. The minimum absolute atomic E-state index is 0.0668. The smallest absolute Gasteiger partial charge is 0.348 e. The quantitative estimate of drug-likeness (QED) is 0.101. The van der Waals surface area contributed by atoms with E-state index in [1.165, 1.54) is 28.8 Å². The summed E-state index contributed by atoms with van der Waals surface area (Å²) in [5, 5.41) is 42.8. The van der Waals surface area contributed by atoms with Crippen LogP contribution in [0.15, 0.2) is 96.3 Å². The Bertz CT molecular complexity index is 2930. The van der Waals surface area contributed by atoms with Gasteiger partial charge in [0.2, 0.25) is 17.8 Å². The molecule has 18 nitrogen and oxygen atoms in total. The van der Waals surface area contributed by atoms with Gasteiger partial charge in [-0.05, 0) is 72.5 Å². The van der Waals surface area contributed by atoms with E-state index in [2.05, 4.69) is 47.8 Å². The lowest BCUT2D eigenvalue weighted by atomic mass is 9.95. The monoisotopic (exact) mass is 948 g/mol. The molecule has 4 aromatic carbocycles. The van der Waals surface area contributed by atoms with Crippen molar-refractivity contribution in [3.8, 4) is 34.3 Å². The van der Waals surface area contributed by atoms with Crippen LogP contribution in [0.3, 0.4) is 0 Å². The fourth-order valence-electron chi connectivity index (χ4n) is 10.5. The van der Waals surface area contributed by atoms with Gasteiger partial charge in [0.1, 0.15) is 23.1 Å². The Hall–Kier alpha value is -7.44. The Kier molecular flexibility index (Phi) is 13.4. The fraction of sp³-hybridized carbons (Fsp3) is 0.385. The molecule has 4 aliphatic heterocycles. The Balaban J connectivity index is 0.701. The van der Waals surface area contributed by atoms with Crippen molar-refractivity contribution in [2.45, 2.75) is 38.8 Å². The Morgan fingerprint density at radius 3 is 2.30 bits per heavy atom. The summed E-state index contributed by atoms with van der Waals surface area (Å²) in [6, 6.07) is 23.7. The molecule has 5 N–H and O–H groups in total. The van der Waals surface area contributed by atoms with Crippen molar-refractivity contribution in [1.82, 2.24) is 44.3 Å². The van der Waals surface area contributed by atoms with Gasteiger partial charge in [-0.25, -0.2) is 19.4 Å². The van der Waals surface area contributed by atoms with Crippen molar-refractivity contribution in [2.75, 3.05) is 100 Å². The molecule has 0 atom stereocenters. The van der Waals surface area contributed by atoms with E-state index < -0.39 is 5.69 Å². The standard InChI is InChI=1S/C52H60N12O6/c1-2-47(68)61-25-27-62(28-26-61)49-42-16-20-63(45-30-40(66)29-37-5-3-4-6-41(37)45)34-44(42)54-51(55-49)53-17-13-48(69)60-18-14-36(15-19-60)33-59-23-21-58(22-24-59)32-35-7-9-38(10-8-35)64-50(56-57-52(64)70)43-12-11-39(65)31-46(43)67/h2-12,29-31,36,65-67H,1,13-28,32-34H2,(H,57,70)(H,53,54,55). The number of rotatable bonds is 13. The number of benzene rings is 4. The highest BCUT2D eigenvalue weighted by Crippen LogP contribution is 2.37. The summed E-state index contributed by atoms with van der Waals surface area (Å²) in [6.45, 7) is 15.0. The minimum atomic E-state index is -0.425. The topological polar surface area (TPSA) is 203 Å². The van der Waals surface area contributed by atoms with Gasteiger partial charge in [-0.3, -0.25) is 14.5 Å². The fourth-order valence-corrected chi connectivity index (χ4v) is 10.5. The second-order valence-electron chi connectivity index (χ2n) is 18.8. The van der Waals surface area contributed by atoms with Gasteiger partial charge in [0.25, 0.3) is 0 Å². The molecule has 6 heterocycles. The summed E-state index contributed by atoms with van der Waals surface area (Å²) in [5.41, 5.74) is 4.62. The van der Waals surface area contributed by atoms with Crippen LogP contribution in [-0.2, 0) is 29.1 Å². The number of H-pyrrole nitrogens is 1. The summed E-state index contributed by atoms with van der Waals surface area (Å²) in [7, 11) is 0. The molecule has 0 unspecified atom stereocenters. The van der Waals surface area contributed by atoms with Gasteiger partial charge in [0.05, 0.1) is 23.5 Å². The van der Waals surface area contributed by atoms with Crippen molar-refractivity contribution in [1.29, 1.82) is 0 Å². The number of nitrogens with one attached hydrogen (secondary N) is 2. The average molecular weight is 949 g/mol. The van der Waals surface area contributed by atoms with Crippen molar-refractivity contribution >= 4 is 40.0 Å². The normalized spacial score (nSPS) is 17.2. The first-order valence-corrected chi connectivity index (χ1v) is 24.3. The van der Waals surface area contributed by atoms with Crippen LogP contribution in [0.25, 0.3) is 27.8 Å². The third kappa shape index (κ3) is 10.0. The van der Waals surface area contributed by atoms with Crippen molar-refractivity contribution in [3.05, 3.63) is 119 Å². The van der Waals surface area contributed by atoms with Gasteiger partial charge in [0.15, 0.2) is 5.82 Å². The number of fused-ring (bicyclic) bond motifs is 2. The molecule has 2 aromatic heterocycles. The lowest BCUT2D eigenvalue weighted by Crippen LogP contribution is -2.49. The van der Waals surface area contributed by atoms with Crippen LogP contribution in [0.1, 0.15) is 36.1 Å². The van der Waals surface area contributed by atoms with Crippen LogP contribution in [0.4, 0.5) is 17.5 Å². The van der Waals surface area contributed by atoms with Crippen molar-refractivity contribution in [2.24, 2.45) is 5.92 Å². The molecule has 0 bridgehead atoms. The number of anilines is 3. The summed E-state index contributed by atoms with van der Waals surface area (Å²) in [4.78, 5) is 62.1. The molecule has 0 aliphatic carbocycles. The molecular formula is C52H60N12O6. The van der Waals surface area contributed by atoms with E-state index in [4.69, 9.17) is 9.97 Å². The second kappa shape index (κ2) is 20.3. The van der Waals surface area contributed by atoms with E-state index in [1.807, 2.05) is 58.3 Å². The van der Waals surface area contributed by atoms with Crippen LogP contribution < -0.4 is 20.8 Å². The third-order valence-corrected chi connectivity index (χ3v) is 14.3. The van der Waals surface area contributed by atoms with Crippen LogP contribution in [0, 0.1) is 5.92 Å². The summed E-state index contributed by atoms with van der Waals surface area (Å²) in [5.74, 6) is 2.18. The van der Waals surface area contributed by atoms with Gasteiger partial charge in [-0.1, -0.05) is 43.0 Å². The summed E-state index contributed by atoms with van der Waals surface area (Å²) < 4.78 is 1.41. The maximum Gasteiger partial charge on any atom is 0.348 e. The van der Waals surface area contributed by atoms with Crippen molar-refractivity contribution in [3.63, 3.8) is 0 Å². The lowest BCUT2D eigenvalue weighted by Gasteiger charge is -2.39. The Labute approximate surface area is 406 Å². The van der Waals surface area contributed by atoms with Gasteiger partial charge in [-0.2, -0.15) is 10.1 Å². The van der Waals surface area contributed by atoms with Gasteiger partial charge in [-0.15, -0.1) is 0 Å². The molecule has 0 spiro atoms. The largest absolute Gasteiger partial charge is 0.508 e. The maximum absolute atomic E-state index is 13.6. The van der Waals surface area contributed by atoms with Gasteiger partial charge < -0.3 is 45.1 Å². The van der Waals surface area contributed by atoms with E-state index in [9.17, 15) is 29.7 Å². The number of piperidine rings is 1. The number of likely N-dealkylation sites (tertiary alicyclic amines) is 1. The molecule has 10 rings (SSSR count). The lowest BCUT2D eigenvalue weighted by molar-refractivity contribution is -0.132. The molecule has 3 saturated heterocycles. The van der Waals surface area contributed by atoms with Crippen LogP contribution in [0.2, 0.25) is 0 Å². The van der Waals surface area contributed by atoms with Gasteiger partial charge in [0, 0.05) is 127 Å². The number of carbonyl (C=O) groups is 2. The average Bonchev–Trinajstić information content (AvgIpc) is 3.76. The Morgan fingerprint density at radius 2 is 1.54 bits per heavy atom. The number of aromatic amines is 1. The van der Waals surface area contributed by atoms with E-state index in [-0.39, 0.29) is 34.9 Å². The molecular weight excluding hydrogens is 889 g/mol. The number of piperazine rings is 2. The van der Waals surface area contributed by atoms with E-state index in [0.29, 0.717) is 68.8 Å². The molecule has 4 aliphatic rings. The SMILES string of the molecule is C=CC(=O)N1CCN(c2nc(NCCC(=O)N3CCC(CN4CCN(Cc5ccc(-n6c(-c7ccc(O)cc7O)n[nH]c6=O)cc5)CC4)CC3)nc3c2CCN(c2cc(O)cc4ccccc24)C3)CC1. The zero-order valence-corrected chi connectivity index (χ0v) is 39.3. The molecule has 3 fully saturated rings. The minimum Gasteiger partial charge on any atom is -0.508 e. The molecule has 18 heteroatoms.